The predicted octanol–water partition coefficient (Wildman–Crippen LogP) is 5.41. The fourth-order valence-electron chi connectivity index (χ4n) is 3.37. The summed E-state index contributed by atoms with van der Waals surface area (Å²) < 4.78 is 40.1. The van der Waals surface area contributed by atoms with Gasteiger partial charge in [-0.1, -0.05) is 30.3 Å². The minimum absolute atomic E-state index is 0.321. The molecule has 8 heteroatoms. The first-order valence-electron chi connectivity index (χ1n) is 9.87. The number of amides is 2. The van der Waals surface area contributed by atoms with Crippen LogP contribution in [0.5, 0.6) is 0 Å². The number of hydrogen-bond donors (Lipinski definition) is 1. The molecule has 3 aromatic rings. The summed E-state index contributed by atoms with van der Waals surface area (Å²) >= 11 is 0. The minimum Gasteiger partial charge on any atom is -0.331 e. The van der Waals surface area contributed by atoms with Gasteiger partial charge < -0.3 is 10.2 Å². The first kappa shape index (κ1) is 22.4. The number of aromatic nitrogens is 2. The van der Waals surface area contributed by atoms with Crippen molar-refractivity contribution >= 4 is 6.03 Å². The van der Waals surface area contributed by atoms with Gasteiger partial charge in [0.15, 0.2) is 0 Å². The molecule has 0 aliphatic rings. The molecule has 1 aromatic heterocycles. The molecule has 31 heavy (non-hydrogen) atoms. The van der Waals surface area contributed by atoms with Crippen molar-refractivity contribution in [3.8, 4) is 5.69 Å². The Morgan fingerprint density at radius 1 is 1.10 bits per heavy atom. The molecule has 5 nitrogen and oxygen atoms in total. The summed E-state index contributed by atoms with van der Waals surface area (Å²) in [5.41, 5.74) is 3.55. The average molecular weight is 430 g/mol. The molecule has 0 aliphatic carbocycles. The normalized spacial score (nSPS) is 12.5. The van der Waals surface area contributed by atoms with E-state index in [9.17, 15) is 18.0 Å². The van der Waals surface area contributed by atoms with Crippen molar-refractivity contribution in [2.75, 3.05) is 7.05 Å². The number of carbonyl (C=O) groups excluding carboxylic acids is 1. The SMILES string of the molecule is Cc1nn(-c2ccccc2)c(C)c1CN(C)C(=O)NC(C)c1ccc(C(F)(F)F)cc1. The Hall–Kier alpha value is -3.29. The third kappa shape index (κ3) is 5.07. The Balaban J connectivity index is 1.68. The van der Waals surface area contributed by atoms with Crippen LogP contribution in [0.4, 0.5) is 18.0 Å². The van der Waals surface area contributed by atoms with Gasteiger partial charge in [0.05, 0.1) is 29.5 Å². The quantitative estimate of drug-likeness (QED) is 0.588. The van der Waals surface area contributed by atoms with Crippen molar-refractivity contribution in [3.05, 3.63) is 82.7 Å². The number of aryl methyl sites for hydroxylation is 1. The predicted molar refractivity (Wildman–Crippen MR) is 113 cm³/mol. The molecule has 0 spiro atoms. The summed E-state index contributed by atoms with van der Waals surface area (Å²) in [6.45, 7) is 5.95. The van der Waals surface area contributed by atoms with Gasteiger partial charge in [0.25, 0.3) is 0 Å². The van der Waals surface area contributed by atoms with Crippen molar-refractivity contribution in [2.24, 2.45) is 0 Å². The molecular weight excluding hydrogens is 405 g/mol. The lowest BCUT2D eigenvalue weighted by molar-refractivity contribution is -0.137. The Morgan fingerprint density at radius 2 is 1.71 bits per heavy atom. The van der Waals surface area contributed by atoms with Crippen molar-refractivity contribution in [1.29, 1.82) is 0 Å². The number of rotatable bonds is 5. The van der Waals surface area contributed by atoms with Gasteiger partial charge in [-0.05, 0) is 50.6 Å². The van der Waals surface area contributed by atoms with Crippen LogP contribution in [0, 0.1) is 13.8 Å². The van der Waals surface area contributed by atoms with Gasteiger partial charge in [-0.15, -0.1) is 0 Å². The molecule has 0 saturated carbocycles. The first-order valence-corrected chi connectivity index (χ1v) is 9.87. The van der Waals surface area contributed by atoms with Crippen molar-refractivity contribution in [2.45, 2.75) is 39.5 Å². The number of carbonyl (C=O) groups is 1. The lowest BCUT2D eigenvalue weighted by Gasteiger charge is -2.22. The molecular formula is C23H25F3N4O. The average Bonchev–Trinajstić information content (AvgIpc) is 3.02. The summed E-state index contributed by atoms with van der Waals surface area (Å²) in [5, 5.41) is 7.43. The van der Waals surface area contributed by atoms with Crippen LogP contribution in [0.15, 0.2) is 54.6 Å². The number of alkyl halides is 3. The van der Waals surface area contributed by atoms with E-state index in [1.165, 1.54) is 17.0 Å². The second-order valence-electron chi connectivity index (χ2n) is 7.54. The van der Waals surface area contributed by atoms with E-state index >= 15 is 0 Å². The van der Waals surface area contributed by atoms with Crippen LogP contribution < -0.4 is 5.32 Å². The van der Waals surface area contributed by atoms with E-state index < -0.39 is 17.8 Å². The number of benzene rings is 2. The van der Waals surface area contributed by atoms with Crippen LogP contribution in [0.25, 0.3) is 5.69 Å². The number of para-hydroxylation sites is 1. The van der Waals surface area contributed by atoms with Gasteiger partial charge in [0.2, 0.25) is 0 Å². The molecule has 0 aliphatic heterocycles. The second kappa shape index (κ2) is 8.83. The zero-order valence-electron chi connectivity index (χ0n) is 17.9. The molecule has 2 aromatic carbocycles. The number of urea groups is 1. The lowest BCUT2D eigenvalue weighted by Crippen LogP contribution is -2.38. The van der Waals surface area contributed by atoms with Crippen LogP contribution in [-0.4, -0.2) is 27.8 Å². The summed E-state index contributed by atoms with van der Waals surface area (Å²) in [6.07, 6.45) is -4.38. The molecule has 3 rings (SSSR count). The van der Waals surface area contributed by atoms with Crippen LogP contribution in [0.1, 0.15) is 41.0 Å². The van der Waals surface area contributed by atoms with Gasteiger partial charge >= 0.3 is 12.2 Å². The largest absolute Gasteiger partial charge is 0.416 e. The molecule has 164 valence electrons. The number of nitrogens with zero attached hydrogens (tertiary/aromatic N) is 3. The van der Waals surface area contributed by atoms with Crippen LogP contribution >= 0.6 is 0 Å². The highest BCUT2D eigenvalue weighted by atomic mass is 19.4. The van der Waals surface area contributed by atoms with E-state index in [1.807, 2.05) is 48.9 Å². The van der Waals surface area contributed by atoms with Gasteiger partial charge in [0.1, 0.15) is 0 Å². The van der Waals surface area contributed by atoms with Gasteiger partial charge in [0, 0.05) is 18.3 Å². The molecule has 0 bridgehead atoms. The standard InChI is InChI=1S/C23H25F3N4O/c1-15(18-10-12-19(13-11-18)23(24,25)26)27-22(31)29(4)14-21-16(2)28-30(17(21)3)20-8-6-5-7-9-20/h5-13,15H,14H2,1-4H3,(H,27,31). The Bertz CT molecular complexity index is 1040. The topological polar surface area (TPSA) is 50.2 Å². The number of halogens is 3. The maximum Gasteiger partial charge on any atom is 0.416 e. The smallest absolute Gasteiger partial charge is 0.331 e. The molecule has 1 heterocycles. The molecule has 1 N–H and O–H groups in total. The molecule has 1 unspecified atom stereocenters. The third-order valence-corrected chi connectivity index (χ3v) is 5.26. The maximum absolute atomic E-state index is 12.7. The van der Waals surface area contributed by atoms with Crippen LogP contribution in [-0.2, 0) is 12.7 Å². The number of hydrogen-bond acceptors (Lipinski definition) is 2. The highest BCUT2D eigenvalue weighted by Gasteiger charge is 2.30. The number of nitrogens with one attached hydrogen (secondary N) is 1. The second-order valence-corrected chi connectivity index (χ2v) is 7.54. The van der Waals surface area contributed by atoms with Gasteiger partial charge in [-0.3, -0.25) is 0 Å². The summed E-state index contributed by atoms with van der Waals surface area (Å²) in [7, 11) is 1.67. The van der Waals surface area contributed by atoms with E-state index in [0.717, 1.165) is 34.8 Å². The van der Waals surface area contributed by atoms with Crippen LogP contribution in [0.2, 0.25) is 0 Å². The lowest BCUT2D eigenvalue weighted by atomic mass is 10.1. The zero-order valence-corrected chi connectivity index (χ0v) is 17.9. The fourth-order valence-corrected chi connectivity index (χ4v) is 3.37. The van der Waals surface area contributed by atoms with Crippen molar-refractivity contribution in [1.82, 2.24) is 20.0 Å². The summed E-state index contributed by atoms with van der Waals surface area (Å²) in [4.78, 5) is 14.2. The van der Waals surface area contributed by atoms with E-state index in [0.29, 0.717) is 12.1 Å². The highest BCUT2D eigenvalue weighted by Crippen LogP contribution is 2.30. The maximum atomic E-state index is 12.7. The summed E-state index contributed by atoms with van der Waals surface area (Å²) in [6, 6.07) is 13.8. The highest BCUT2D eigenvalue weighted by molar-refractivity contribution is 5.74. The summed E-state index contributed by atoms with van der Waals surface area (Å²) in [5.74, 6) is 0. The molecule has 1 atom stereocenters. The van der Waals surface area contributed by atoms with Gasteiger partial charge in [-0.25, -0.2) is 9.48 Å². The molecule has 0 saturated heterocycles. The Kier molecular flexibility index (Phi) is 6.38. The fraction of sp³-hybridized carbons (Fsp3) is 0.304. The first-order chi connectivity index (χ1) is 14.6. The third-order valence-electron chi connectivity index (χ3n) is 5.26. The minimum atomic E-state index is -4.38. The molecule has 0 radical (unpaired) electrons. The van der Waals surface area contributed by atoms with E-state index in [1.54, 1.807) is 14.0 Å². The zero-order chi connectivity index (χ0) is 22.8. The van der Waals surface area contributed by atoms with Crippen molar-refractivity contribution < 1.29 is 18.0 Å². The van der Waals surface area contributed by atoms with Gasteiger partial charge in [-0.2, -0.15) is 18.3 Å². The van der Waals surface area contributed by atoms with E-state index in [-0.39, 0.29) is 6.03 Å². The Morgan fingerprint density at radius 3 is 2.29 bits per heavy atom. The van der Waals surface area contributed by atoms with Crippen molar-refractivity contribution in [3.63, 3.8) is 0 Å². The van der Waals surface area contributed by atoms with E-state index in [4.69, 9.17) is 0 Å². The molecule has 0 fully saturated rings. The Labute approximate surface area is 179 Å². The van der Waals surface area contributed by atoms with E-state index in [2.05, 4.69) is 10.4 Å². The molecule has 2 amide bonds. The van der Waals surface area contributed by atoms with Crippen LogP contribution in [0.3, 0.4) is 0 Å². The monoisotopic (exact) mass is 430 g/mol.